The first kappa shape index (κ1) is 13.4. The predicted molar refractivity (Wildman–Crippen MR) is 79.2 cm³/mol. The summed E-state index contributed by atoms with van der Waals surface area (Å²) in [6, 6.07) is 9.94. The van der Waals surface area contributed by atoms with Gasteiger partial charge in [0, 0.05) is 30.9 Å². The molecule has 100 valence electrons. The monoisotopic (exact) mass is 246 g/mol. The standard InChI is InChI=1S/C16H26N2/c1-12(2)9-15-11-18(14(4)10-17-15)16-8-6-5-7-13(16)3/h5-8,12,14-15,17H,9-11H2,1-4H3. The molecule has 0 bridgehead atoms. The third-order valence-electron chi connectivity index (χ3n) is 3.83. The van der Waals surface area contributed by atoms with Crippen molar-refractivity contribution in [2.24, 2.45) is 5.92 Å². The van der Waals surface area contributed by atoms with Gasteiger partial charge >= 0.3 is 0 Å². The van der Waals surface area contributed by atoms with Crippen LogP contribution in [-0.4, -0.2) is 25.2 Å². The molecule has 0 amide bonds. The van der Waals surface area contributed by atoms with Gasteiger partial charge in [-0.2, -0.15) is 0 Å². The Morgan fingerprint density at radius 2 is 2.06 bits per heavy atom. The first-order valence-corrected chi connectivity index (χ1v) is 7.13. The van der Waals surface area contributed by atoms with Gasteiger partial charge in [-0.05, 0) is 37.8 Å². The van der Waals surface area contributed by atoms with Crippen LogP contribution >= 0.6 is 0 Å². The van der Waals surface area contributed by atoms with E-state index >= 15 is 0 Å². The molecule has 0 aromatic heterocycles. The van der Waals surface area contributed by atoms with Crippen molar-refractivity contribution in [1.29, 1.82) is 0 Å². The maximum atomic E-state index is 3.68. The van der Waals surface area contributed by atoms with Crippen molar-refractivity contribution in [3.05, 3.63) is 29.8 Å². The van der Waals surface area contributed by atoms with E-state index in [1.807, 2.05) is 0 Å². The second kappa shape index (κ2) is 5.75. The number of para-hydroxylation sites is 1. The molecule has 1 aromatic carbocycles. The Bertz CT molecular complexity index is 386. The number of piperazine rings is 1. The maximum Gasteiger partial charge on any atom is 0.0399 e. The lowest BCUT2D eigenvalue weighted by atomic mass is 9.99. The van der Waals surface area contributed by atoms with E-state index in [0.717, 1.165) is 19.0 Å². The molecule has 2 atom stereocenters. The summed E-state index contributed by atoms with van der Waals surface area (Å²) in [6.45, 7) is 11.3. The van der Waals surface area contributed by atoms with Crippen molar-refractivity contribution in [2.45, 2.75) is 46.2 Å². The van der Waals surface area contributed by atoms with E-state index < -0.39 is 0 Å². The summed E-state index contributed by atoms with van der Waals surface area (Å²) in [4.78, 5) is 2.57. The third-order valence-corrected chi connectivity index (χ3v) is 3.83. The van der Waals surface area contributed by atoms with Gasteiger partial charge in [0.2, 0.25) is 0 Å². The summed E-state index contributed by atoms with van der Waals surface area (Å²) in [5.41, 5.74) is 2.79. The van der Waals surface area contributed by atoms with Crippen LogP contribution in [-0.2, 0) is 0 Å². The van der Waals surface area contributed by atoms with E-state index in [1.54, 1.807) is 0 Å². The molecule has 1 aliphatic rings. The van der Waals surface area contributed by atoms with Gasteiger partial charge in [0.25, 0.3) is 0 Å². The van der Waals surface area contributed by atoms with Gasteiger partial charge in [-0.3, -0.25) is 0 Å². The van der Waals surface area contributed by atoms with Crippen LogP contribution in [0.2, 0.25) is 0 Å². The Kier molecular flexibility index (Phi) is 4.28. The molecule has 1 heterocycles. The van der Waals surface area contributed by atoms with Crippen LogP contribution in [0.4, 0.5) is 5.69 Å². The van der Waals surface area contributed by atoms with Gasteiger partial charge < -0.3 is 10.2 Å². The molecule has 0 spiro atoms. The van der Waals surface area contributed by atoms with Crippen molar-refractivity contribution in [2.75, 3.05) is 18.0 Å². The van der Waals surface area contributed by atoms with Gasteiger partial charge in [-0.1, -0.05) is 32.0 Å². The lowest BCUT2D eigenvalue weighted by Crippen LogP contribution is -2.56. The number of nitrogens with one attached hydrogen (secondary N) is 1. The molecular formula is C16H26N2. The van der Waals surface area contributed by atoms with Crippen molar-refractivity contribution in [3.63, 3.8) is 0 Å². The number of nitrogens with zero attached hydrogens (tertiary/aromatic N) is 1. The fourth-order valence-electron chi connectivity index (χ4n) is 2.88. The zero-order valence-electron chi connectivity index (χ0n) is 12.1. The third kappa shape index (κ3) is 3.05. The molecule has 2 rings (SSSR count). The largest absolute Gasteiger partial charge is 0.366 e. The van der Waals surface area contributed by atoms with E-state index in [4.69, 9.17) is 0 Å². The highest BCUT2D eigenvalue weighted by Crippen LogP contribution is 2.24. The molecule has 2 heteroatoms. The zero-order chi connectivity index (χ0) is 13.1. The Morgan fingerprint density at radius 1 is 1.33 bits per heavy atom. The highest BCUT2D eigenvalue weighted by molar-refractivity contribution is 5.54. The maximum absolute atomic E-state index is 3.68. The Balaban J connectivity index is 2.13. The minimum Gasteiger partial charge on any atom is -0.366 e. The second-order valence-electron chi connectivity index (χ2n) is 6.02. The molecule has 18 heavy (non-hydrogen) atoms. The minimum absolute atomic E-state index is 0.578. The normalized spacial score (nSPS) is 24.6. The average molecular weight is 246 g/mol. The van der Waals surface area contributed by atoms with E-state index in [9.17, 15) is 0 Å². The van der Waals surface area contributed by atoms with Crippen LogP contribution in [0, 0.1) is 12.8 Å². The van der Waals surface area contributed by atoms with Crippen molar-refractivity contribution < 1.29 is 0 Å². The van der Waals surface area contributed by atoms with Crippen LogP contribution in [0.25, 0.3) is 0 Å². The van der Waals surface area contributed by atoms with Crippen LogP contribution in [0.15, 0.2) is 24.3 Å². The topological polar surface area (TPSA) is 15.3 Å². The molecular weight excluding hydrogens is 220 g/mol. The molecule has 1 saturated heterocycles. The SMILES string of the molecule is Cc1ccccc1N1CC(CC(C)C)NCC1C. The van der Waals surface area contributed by atoms with Gasteiger partial charge in [0.15, 0.2) is 0 Å². The molecule has 1 N–H and O–H groups in total. The van der Waals surface area contributed by atoms with Crippen LogP contribution in [0.3, 0.4) is 0 Å². The summed E-state index contributed by atoms with van der Waals surface area (Å²) < 4.78 is 0. The van der Waals surface area contributed by atoms with E-state index in [0.29, 0.717) is 12.1 Å². The lowest BCUT2D eigenvalue weighted by molar-refractivity contribution is 0.355. The molecule has 1 aliphatic heterocycles. The Labute approximate surface area is 111 Å². The highest BCUT2D eigenvalue weighted by atomic mass is 15.2. The summed E-state index contributed by atoms with van der Waals surface area (Å²) in [6.07, 6.45) is 1.26. The van der Waals surface area contributed by atoms with Crippen molar-refractivity contribution in [1.82, 2.24) is 5.32 Å². The molecule has 0 saturated carbocycles. The minimum atomic E-state index is 0.578. The Hall–Kier alpha value is -1.02. The summed E-state index contributed by atoms with van der Waals surface area (Å²) in [5.74, 6) is 0.759. The summed E-state index contributed by atoms with van der Waals surface area (Å²) in [7, 11) is 0. The molecule has 2 nitrogen and oxygen atoms in total. The first-order chi connectivity index (χ1) is 8.58. The molecule has 2 unspecified atom stereocenters. The average Bonchev–Trinajstić information content (AvgIpc) is 2.32. The van der Waals surface area contributed by atoms with Gasteiger partial charge in [0.1, 0.15) is 0 Å². The van der Waals surface area contributed by atoms with Gasteiger partial charge in [-0.15, -0.1) is 0 Å². The number of hydrogen-bond donors (Lipinski definition) is 1. The Morgan fingerprint density at radius 3 is 2.72 bits per heavy atom. The fourth-order valence-corrected chi connectivity index (χ4v) is 2.88. The van der Waals surface area contributed by atoms with Crippen LogP contribution in [0.1, 0.15) is 32.8 Å². The molecule has 1 fully saturated rings. The van der Waals surface area contributed by atoms with Crippen LogP contribution < -0.4 is 10.2 Å². The van der Waals surface area contributed by atoms with E-state index in [1.165, 1.54) is 17.7 Å². The van der Waals surface area contributed by atoms with E-state index in [2.05, 4.69) is 62.2 Å². The van der Waals surface area contributed by atoms with E-state index in [-0.39, 0.29) is 0 Å². The van der Waals surface area contributed by atoms with Gasteiger partial charge in [-0.25, -0.2) is 0 Å². The second-order valence-corrected chi connectivity index (χ2v) is 6.02. The predicted octanol–water partition coefficient (Wildman–Crippen LogP) is 3.21. The van der Waals surface area contributed by atoms with Crippen molar-refractivity contribution >= 4 is 5.69 Å². The number of anilines is 1. The van der Waals surface area contributed by atoms with Gasteiger partial charge in [0.05, 0.1) is 0 Å². The number of benzene rings is 1. The summed E-state index contributed by atoms with van der Waals surface area (Å²) >= 11 is 0. The number of hydrogen-bond acceptors (Lipinski definition) is 2. The molecule has 1 aromatic rings. The lowest BCUT2D eigenvalue weighted by Gasteiger charge is -2.41. The smallest absolute Gasteiger partial charge is 0.0399 e. The highest BCUT2D eigenvalue weighted by Gasteiger charge is 2.26. The molecule has 0 aliphatic carbocycles. The first-order valence-electron chi connectivity index (χ1n) is 7.13. The van der Waals surface area contributed by atoms with Crippen LogP contribution in [0.5, 0.6) is 0 Å². The van der Waals surface area contributed by atoms with Crippen molar-refractivity contribution in [3.8, 4) is 0 Å². The zero-order valence-corrected chi connectivity index (χ0v) is 12.1. The quantitative estimate of drug-likeness (QED) is 0.881. The molecule has 0 radical (unpaired) electrons. The number of rotatable bonds is 3. The fraction of sp³-hybridized carbons (Fsp3) is 0.625. The number of aryl methyl sites for hydroxylation is 1. The summed E-state index contributed by atoms with van der Waals surface area (Å²) in [5, 5.41) is 3.68.